The molecule has 0 atom stereocenters. The molecule has 0 aliphatic carbocycles. The van der Waals surface area contributed by atoms with Crippen LogP contribution in [0.3, 0.4) is 0 Å². The molecule has 11 nitrogen and oxygen atoms in total. The number of carbonyl (C=O) groups is 2. The van der Waals surface area contributed by atoms with Crippen molar-refractivity contribution in [2.45, 2.75) is 6.92 Å². The minimum Gasteiger partial charge on any atom is -0.345 e. The Morgan fingerprint density at radius 1 is 1.10 bits per heavy atom. The normalized spacial score (nSPS) is 15.2. The van der Waals surface area contributed by atoms with Gasteiger partial charge in [-0.15, -0.1) is 5.11 Å². The molecule has 11 heteroatoms. The van der Waals surface area contributed by atoms with Crippen LogP contribution < -0.4 is 20.9 Å². The Morgan fingerprint density at radius 3 is 2.50 bits per heavy atom. The molecule has 2 heterocycles. The molecule has 1 saturated heterocycles. The third-order valence-corrected chi connectivity index (χ3v) is 4.17. The van der Waals surface area contributed by atoms with Crippen molar-refractivity contribution in [3.63, 3.8) is 0 Å². The molecule has 3 aromatic rings. The first-order valence-corrected chi connectivity index (χ1v) is 8.71. The Balaban J connectivity index is 1.48. The maximum atomic E-state index is 12.2. The van der Waals surface area contributed by atoms with Crippen LogP contribution in [0.2, 0.25) is 0 Å². The monoisotopic (exact) mass is 407 g/mol. The van der Waals surface area contributed by atoms with E-state index in [0.29, 0.717) is 11.4 Å². The largest absolute Gasteiger partial charge is 0.427 e. The lowest BCUT2D eigenvalue weighted by molar-refractivity contribution is -0.670. The van der Waals surface area contributed by atoms with Crippen LogP contribution in [0.25, 0.3) is 5.69 Å². The second-order valence-corrected chi connectivity index (χ2v) is 6.25. The average molecular weight is 407 g/mol. The number of aromatic amines is 1. The molecule has 0 unspecified atom stereocenters. The summed E-state index contributed by atoms with van der Waals surface area (Å²) in [7, 11) is 0. The van der Waals surface area contributed by atoms with Crippen LogP contribution in [0.4, 0.5) is 5.69 Å². The van der Waals surface area contributed by atoms with E-state index in [9.17, 15) is 14.4 Å². The summed E-state index contributed by atoms with van der Waals surface area (Å²) < 4.78 is 5.94. The lowest BCUT2D eigenvalue weighted by Crippen LogP contribution is -2.32. The van der Waals surface area contributed by atoms with Gasteiger partial charge in [-0.1, -0.05) is 23.3 Å². The SMILES string of the molecule is Cc1ccc(N2NOC(=O)/C2=C\N=NC(=O)c2ccc(-[n+]3cc(=O)o[nH]3)cc2)cc1. The molecule has 1 amide bonds. The number of benzene rings is 2. The van der Waals surface area contributed by atoms with Crippen molar-refractivity contribution < 1.29 is 23.6 Å². The van der Waals surface area contributed by atoms with E-state index in [1.807, 2.05) is 19.1 Å². The molecular formula is C19H15N6O5+. The van der Waals surface area contributed by atoms with Crippen molar-refractivity contribution in [2.75, 3.05) is 5.01 Å². The van der Waals surface area contributed by atoms with E-state index in [0.717, 1.165) is 11.8 Å². The van der Waals surface area contributed by atoms with Gasteiger partial charge in [0, 0.05) is 17.7 Å². The molecule has 2 aromatic carbocycles. The Labute approximate surface area is 168 Å². The zero-order valence-electron chi connectivity index (χ0n) is 15.6. The fraction of sp³-hybridized carbons (Fsp3) is 0.0526. The van der Waals surface area contributed by atoms with Crippen LogP contribution in [-0.2, 0) is 9.63 Å². The number of rotatable bonds is 4. The van der Waals surface area contributed by atoms with Crippen molar-refractivity contribution in [3.05, 3.63) is 88.2 Å². The first-order chi connectivity index (χ1) is 14.5. The highest BCUT2D eigenvalue weighted by Gasteiger charge is 2.29. The Kier molecular flexibility index (Phi) is 5.01. The zero-order chi connectivity index (χ0) is 21.1. The zero-order valence-corrected chi connectivity index (χ0v) is 15.6. The molecule has 1 fully saturated rings. The molecule has 30 heavy (non-hydrogen) atoms. The van der Waals surface area contributed by atoms with E-state index < -0.39 is 17.5 Å². The molecule has 1 aromatic heterocycles. The summed E-state index contributed by atoms with van der Waals surface area (Å²) in [6.45, 7) is 1.94. The number of hydrogen-bond acceptors (Lipinski definition) is 8. The van der Waals surface area contributed by atoms with Gasteiger partial charge in [-0.2, -0.15) is 5.11 Å². The van der Waals surface area contributed by atoms with Gasteiger partial charge < -0.3 is 4.84 Å². The van der Waals surface area contributed by atoms with Crippen molar-refractivity contribution in [1.29, 1.82) is 0 Å². The molecule has 1 aliphatic rings. The van der Waals surface area contributed by atoms with E-state index in [1.54, 1.807) is 24.3 Å². The van der Waals surface area contributed by atoms with Gasteiger partial charge in [-0.05, 0) is 41.1 Å². The van der Waals surface area contributed by atoms with Crippen LogP contribution in [-0.4, -0.2) is 17.1 Å². The fourth-order valence-electron chi connectivity index (χ4n) is 2.61. The second-order valence-electron chi connectivity index (χ2n) is 6.25. The van der Waals surface area contributed by atoms with Crippen molar-refractivity contribution >= 4 is 17.6 Å². The number of hydrogen-bond donors (Lipinski definition) is 2. The number of anilines is 1. The minimum absolute atomic E-state index is 0.0751. The van der Waals surface area contributed by atoms with Gasteiger partial charge in [0.2, 0.25) is 5.69 Å². The topological polar surface area (TPSA) is 133 Å². The van der Waals surface area contributed by atoms with Gasteiger partial charge in [0.25, 0.3) is 12.1 Å². The number of hydrazine groups is 1. The lowest BCUT2D eigenvalue weighted by atomic mass is 10.2. The Hall–Kier alpha value is -4.38. The van der Waals surface area contributed by atoms with Crippen molar-refractivity contribution in [3.8, 4) is 5.69 Å². The van der Waals surface area contributed by atoms with Gasteiger partial charge in [-0.25, -0.2) is 14.6 Å². The predicted molar refractivity (Wildman–Crippen MR) is 101 cm³/mol. The summed E-state index contributed by atoms with van der Waals surface area (Å²) in [6, 6.07) is 13.6. The van der Waals surface area contributed by atoms with E-state index in [4.69, 9.17) is 4.84 Å². The summed E-state index contributed by atoms with van der Waals surface area (Å²) in [5.41, 5.74) is 4.60. The molecular weight excluding hydrogens is 392 g/mol. The van der Waals surface area contributed by atoms with Crippen molar-refractivity contribution in [2.24, 2.45) is 10.2 Å². The molecule has 1 aliphatic heterocycles. The highest BCUT2D eigenvalue weighted by atomic mass is 16.7. The average Bonchev–Trinajstić information content (AvgIpc) is 3.35. The molecule has 0 spiro atoms. The number of carbonyl (C=O) groups excluding carboxylic acids is 2. The number of aryl methyl sites for hydroxylation is 1. The summed E-state index contributed by atoms with van der Waals surface area (Å²) in [5, 5.41) is 11.1. The Morgan fingerprint density at radius 2 is 1.83 bits per heavy atom. The number of nitrogens with one attached hydrogen (secondary N) is 2. The molecule has 0 saturated carbocycles. The number of aromatic nitrogens is 2. The third kappa shape index (κ3) is 3.91. The van der Waals surface area contributed by atoms with Crippen molar-refractivity contribution in [1.82, 2.24) is 10.9 Å². The van der Waals surface area contributed by atoms with Crippen LogP contribution in [0.15, 0.2) is 86.2 Å². The lowest BCUT2D eigenvalue weighted by Gasteiger charge is -2.14. The maximum absolute atomic E-state index is 12.2. The smallest absolute Gasteiger partial charge is 0.345 e. The summed E-state index contributed by atoms with van der Waals surface area (Å²) in [6.07, 6.45) is 2.36. The van der Waals surface area contributed by atoms with Crippen LogP contribution in [0.1, 0.15) is 15.9 Å². The first-order valence-electron chi connectivity index (χ1n) is 8.71. The third-order valence-electron chi connectivity index (χ3n) is 4.17. The second kappa shape index (κ2) is 7.93. The van der Waals surface area contributed by atoms with E-state index in [2.05, 4.69) is 25.6 Å². The number of amides is 1. The minimum atomic E-state index is -0.655. The summed E-state index contributed by atoms with van der Waals surface area (Å²) in [5.74, 6) is -1.26. The molecule has 0 bridgehead atoms. The Bertz CT molecular complexity index is 1210. The van der Waals surface area contributed by atoms with Crippen LogP contribution in [0, 0.1) is 6.92 Å². The van der Waals surface area contributed by atoms with E-state index >= 15 is 0 Å². The fourth-order valence-corrected chi connectivity index (χ4v) is 2.61. The molecule has 4 rings (SSSR count). The number of nitrogens with zero attached hydrogens (tertiary/aromatic N) is 4. The summed E-state index contributed by atoms with van der Waals surface area (Å²) in [4.78, 5) is 40.0. The highest BCUT2D eigenvalue weighted by molar-refractivity contribution is 5.95. The quantitative estimate of drug-likeness (QED) is 0.380. The highest BCUT2D eigenvalue weighted by Crippen LogP contribution is 2.22. The predicted octanol–water partition coefficient (Wildman–Crippen LogP) is 1.47. The van der Waals surface area contributed by atoms with Gasteiger partial charge in [-0.3, -0.25) is 9.32 Å². The maximum Gasteiger partial charge on any atom is 0.427 e. The van der Waals surface area contributed by atoms with E-state index in [-0.39, 0.29) is 11.3 Å². The number of azo groups is 1. The molecule has 0 radical (unpaired) electrons. The van der Waals surface area contributed by atoms with Gasteiger partial charge in [0.1, 0.15) is 0 Å². The first kappa shape index (κ1) is 19.0. The molecule has 2 N–H and O–H groups in total. The van der Waals surface area contributed by atoms with Gasteiger partial charge in [0.05, 0.1) is 11.9 Å². The van der Waals surface area contributed by atoms with Crippen LogP contribution in [0.5, 0.6) is 0 Å². The van der Waals surface area contributed by atoms with Gasteiger partial charge in [0.15, 0.2) is 5.70 Å². The van der Waals surface area contributed by atoms with E-state index in [1.165, 1.54) is 28.0 Å². The molecule has 150 valence electrons. The summed E-state index contributed by atoms with van der Waals surface area (Å²) >= 11 is 0. The van der Waals surface area contributed by atoms with Crippen LogP contribution >= 0.6 is 0 Å². The standard InChI is InChI=1S/C19H14N6O5/c1-12-2-6-15(7-3-12)25-16(19(28)30-23-25)10-20-21-18(27)13-4-8-14(9-5-13)24-11-17(26)29-22-24/h2-11,23H,1H3/p+1/b16-10+,21-20?. The number of H-pyrrole nitrogens is 1. The van der Waals surface area contributed by atoms with Gasteiger partial charge >= 0.3 is 11.6 Å².